The lowest BCUT2D eigenvalue weighted by Gasteiger charge is -2.30. The molecule has 2 aromatic carbocycles. The number of benzene rings is 2. The van der Waals surface area contributed by atoms with Gasteiger partial charge in [-0.3, -0.25) is 19.8 Å². The van der Waals surface area contributed by atoms with Crippen molar-refractivity contribution in [2.45, 2.75) is 26.3 Å². The maximum Gasteiger partial charge on any atom is 0.260 e. The Morgan fingerprint density at radius 1 is 1.12 bits per heavy atom. The van der Waals surface area contributed by atoms with Gasteiger partial charge in [0.25, 0.3) is 5.91 Å². The van der Waals surface area contributed by atoms with E-state index in [-0.39, 0.29) is 23.9 Å². The first-order chi connectivity index (χ1) is 15.9. The van der Waals surface area contributed by atoms with Gasteiger partial charge in [0.15, 0.2) is 5.13 Å². The third kappa shape index (κ3) is 6.60. The number of thiazole rings is 1. The largest absolute Gasteiger partial charge is 0.354 e. The first-order valence-corrected chi connectivity index (χ1v) is 11.9. The van der Waals surface area contributed by atoms with Crippen LogP contribution in [0.15, 0.2) is 53.9 Å². The number of nitrogens with zero attached hydrogens (tertiary/aromatic N) is 2. The average Bonchev–Trinajstić information content (AvgIpc) is 3.24. The van der Waals surface area contributed by atoms with Crippen LogP contribution in [-0.4, -0.2) is 41.3 Å². The molecule has 0 aliphatic rings. The van der Waals surface area contributed by atoms with Gasteiger partial charge >= 0.3 is 0 Å². The van der Waals surface area contributed by atoms with E-state index in [1.807, 2.05) is 24.3 Å². The molecule has 0 aliphatic carbocycles. The van der Waals surface area contributed by atoms with Crippen LogP contribution in [0, 0.1) is 5.82 Å². The van der Waals surface area contributed by atoms with Crippen molar-refractivity contribution in [3.05, 3.63) is 81.6 Å². The Morgan fingerprint density at radius 2 is 1.82 bits per heavy atom. The number of carbonyl (C=O) groups is 2. The van der Waals surface area contributed by atoms with Crippen LogP contribution in [0.2, 0.25) is 5.02 Å². The molecule has 0 spiro atoms. The second-order valence-corrected chi connectivity index (χ2v) is 8.58. The molecule has 174 valence electrons. The smallest absolute Gasteiger partial charge is 0.260 e. The van der Waals surface area contributed by atoms with Gasteiger partial charge in [0.05, 0.1) is 23.7 Å². The van der Waals surface area contributed by atoms with Gasteiger partial charge < -0.3 is 5.32 Å². The molecule has 0 saturated carbocycles. The zero-order valence-electron chi connectivity index (χ0n) is 18.5. The Balaban J connectivity index is 1.60. The summed E-state index contributed by atoms with van der Waals surface area (Å²) in [5.74, 6) is -1.37. The Hall–Kier alpha value is -2.81. The third-order valence-electron chi connectivity index (χ3n) is 5.24. The topological polar surface area (TPSA) is 74.3 Å². The molecule has 1 unspecified atom stereocenters. The van der Waals surface area contributed by atoms with Crippen LogP contribution in [0.25, 0.3) is 0 Å². The first kappa shape index (κ1) is 24.8. The summed E-state index contributed by atoms with van der Waals surface area (Å²) in [6.45, 7) is 6.19. The highest BCUT2D eigenvalue weighted by atomic mass is 35.5. The van der Waals surface area contributed by atoms with Crippen LogP contribution in [0.5, 0.6) is 0 Å². The van der Waals surface area contributed by atoms with Crippen molar-refractivity contribution in [2.24, 2.45) is 0 Å². The molecular formula is C24H26ClFN4O2S. The predicted octanol–water partition coefficient (Wildman–Crippen LogP) is 4.93. The molecule has 0 saturated heterocycles. The molecule has 1 atom stereocenters. The fourth-order valence-electron chi connectivity index (χ4n) is 3.54. The molecule has 6 nitrogen and oxygen atoms in total. The summed E-state index contributed by atoms with van der Waals surface area (Å²) in [4.78, 5) is 31.4. The summed E-state index contributed by atoms with van der Waals surface area (Å²) >= 11 is 7.60. The first-order valence-electron chi connectivity index (χ1n) is 10.7. The summed E-state index contributed by atoms with van der Waals surface area (Å²) in [6, 6.07) is 13.3. The van der Waals surface area contributed by atoms with Crippen molar-refractivity contribution in [2.75, 3.05) is 25.0 Å². The normalized spacial score (nSPS) is 11.9. The maximum atomic E-state index is 13.8. The summed E-state index contributed by atoms with van der Waals surface area (Å²) < 4.78 is 13.8. The van der Waals surface area contributed by atoms with Crippen LogP contribution in [-0.2, 0) is 11.2 Å². The lowest BCUT2D eigenvalue weighted by Crippen LogP contribution is -2.38. The Kier molecular flexibility index (Phi) is 8.94. The molecule has 1 heterocycles. The van der Waals surface area contributed by atoms with Gasteiger partial charge in [0, 0.05) is 16.9 Å². The number of rotatable bonds is 10. The van der Waals surface area contributed by atoms with Gasteiger partial charge in [-0.2, -0.15) is 0 Å². The van der Waals surface area contributed by atoms with E-state index < -0.39 is 11.7 Å². The Morgan fingerprint density at radius 3 is 2.52 bits per heavy atom. The minimum atomic E-state index is -0.604. The number of hydrogen-bond donors (Lipinski definition) is 2. The highest BCUT2D eigenvalue weighted by Gasteiger charge is 2.21. The maximum absolute atomic E-state index is 13.8. The molecule has 0 fully saturated rings. The summed E-state index contributed by atoms with van der Waals surface area (Å²) in [5.41, 5.74) is 1.43. The highest BCUT2D eigenvalue weighted by Crippen LogP contribution is 2.27. The lowest BCUT2D eigenvalue weighted by atomic mass is 10.0. The number of likely N-dealkylation sites (N-methyl/N-ethyl adjacent to an activating group) is 1. The van der Waals surface area contributed by atoms with Crippen LogP contribution in [0.4, 0.5) is 9.52 Å². The van der Waals surface area contributed by atoms with E-state index in [9.17, 15) is 14.0 Å². The molecular weight excluding hydrogens is 463 g/mol. The van der Waals surface area contributed by atoms with Crippen molar-refractivity contribution < 1.29 is 14.0 Å². The van der Waals surface area contributed by atoms with E-state index in [1.54, 1.807) is 11.4 Å². The Labute approximate surface area is 201 Å². The van der Waals surface area contributed by atoms with Gasteiger partial charge in [0.2, 0.25) is 5.91 Å². The van der Waals surface area contributed by atoms with Crippen molar-refractivity contribution in [1.29, 1.82) is 0 Å². The molecule has 33 heavy (non-hydrogen) atoms. The van der Waals surface area contributed by atoms with E-state index in [2.05, 4.69) is 34.4 Å². The highest BCUT2D eigenvalue weighted by molar-refractivity contribution is 7.14. The number of nitrogens with one attached hydrogen (secondary N) is 2. The zero-order chi connectivity index (χ0) is 23.8. The minimum absolute atomic E-state index is 0.0521. The summed E-state index contributed by atoms with van der Waals surface area (Å²) in [6.07, 6.45) is 0.0690. The van der Waals surface area contributed by atoms with Crippen molar-refractivity contribution in [3.8, 4) is 0 Å². The van der Waals surface area contributed by atoms with Crippen molar-refractivity contribution in [1.82, 2.24) is 15.2 Å². The van der Waals surface area contributed by atoms with Gasteiger partial charge in [-0.25, -0.2) is 9.37 Å². The van der Waals surface area contributed by atoms with Crippen molar-refractivity contribution >= 4 is 39.9 Å². The standard InChI is InChI=1S/C24H26ClFN4O2S/c1-3-30(4-2)21(17-9-5-7-11-19(17)25)14-27-22(31)13-16-15-33-24(28-16)29-23(32)18-10-6-8-12-20(18)26/h5-12,15,21H,3-4,13-14H2,1-2H3,(H,27,31)(H,28,29,32). The monoisotopic (exact) mass is 488 g/mol. The predicted molar refractivity (Wildman–Crippen MR) is 130 cm³/mol. The number of anilines is 1. The van der Waals surface area contributed by atoms with Gasteiger partial charge in [-0.05, 0) is 36.9 Å². The molecule has 2 amide bonds. The van der Waals surface area contributed by atoms with Crippen molar-refractivity contribution in [3.63, 3.8) is 0 Å². The van der Waals surface area contributed by atoms with E-state index in [4.69, 9.17) is 11.6 Å². The quantitative estimate of drug-likeness (QED) is 0.424. The summed E-state index contributed by atoms with van der Waals surface area (Å²) in [5, 5.41) is 8.23. The van der Waals surface area contributed by atoms with E-state index >= 15 is 0 Å². The SMILES string of the molecule is CCN(CC)C(CNC(=O)Cc1csc(NC(=O)c2ccccc2F)n1)c1ccccc1Cl. The van der Waals surface area contributed by atoms with Gasteiger partial charge in [0.1, 0.15) is 5.82 Å². The molecule has 2 N–H and O–H groups in total. The fourth-order valence-corrected chi connectivity index (χ4v) is 4.51. The minimum Gasteiger partial charge on any atom is -0.354 e. The number of carbonyl (C=O) groups excluding carboxylic acids is 2. The number of hydrogen-bond acceptors (Lipinski definition) is 5. The van der Waals surface area contributed by atoms with Crippen LogP contribution < -0.4 is 10.6 Å². The van der Waals surface area contributed by atoms with E-state index in [0.29, 0.717) is 22.4 Å². The number of aromatic nitrogens is 1. The Bertz CT molecular complexity index is 1100. The third-order valence-corrected chi connectivity index (χ3v) is 6.39. The number of halogens is 2. The van der Waals surface area contributed by atoms with Gasteiger partial charge in [-0.15, -0.1) is 11.3 Å². The second kappa shape index (κ2) is 11.9. The molecule has 0 aliphatic heterocycles. The van der Waals surface area contributed by atoms with Crippen LogP contribution in [0.3, 0.4) is 0 Å². The average molecular weight is 489 g/mol. The molecule has 3 aromatic rings. The van der Waals surface area contributed by atoms with E-state index in [0.717, 1.165) is 18.7 Å². The molecule has 1 aromatic heterocycles. The zero-order valence-corrected chi connectivity index (χ0v) is 20.0. The van der Waals surface area contributed by atoms with Crippen LogP contribution in [0.1, 0.15) is 41.5 Å². The van der Waals surface area contributed by atoms with Gasteiger partial charge in [-0.1, -0.05) is 55.8 Å². The molecule has 0 bridgehead atoms. The second-order valence-electron chi connectivity index (χ2n) is 7.32. The number of amides is 2. The van der Waals surface area contributed by atoms with E-state index in [1.165, 1.54) is 29.5 Å². The summed E-state index contributed by atoms with van der Waals surface area (Å²) in [7, 11) is 0. The fraction of sp³-hybridized carbons (Fsp3) is 0.292. The van der Waals surface area contributed by atoms with Crippen LogP contribution >= 0.6 is 22.9 Å². The lowest BCUT2D eigenvalue weighted by molar-refractivity contribution is -0.120. The molecule has 9 heteroatoms. The molecule has 3 rings (SSSR count). The molecule has 0 radical (unpaired) electrons.